The highest BCUT2D eigenvalue weighted by atomic mass is 16.2. The zero-order valence-electron chi connectivity index (χ0n) is 16.0. The van der Waals surface area contributed by atoms with Gasteiger partial charge in [0.1, 0.15) is 0 Å². The molecule has 2 saturated heterocycles. The van der Waals surface area contributed by atoms with Crippen LogP contribution < -0.4 is 15.5 Å². The fourth-order valence-corrected chi connectivity index (χ4v) is 4.35. The summed E-state index contributed by atoms with van der Waals surface area (Å²) in [5, 5.41) is 6.09. The lowest BCUT2D eigenvalue weighted by atomic mass is 9.81. The number of benzene rings is 1. The van der Waals surface area contributed by atoms with Crippen molar-refractivity contribution in [3.05, 3.63) is 24.3 Å². The van der Waals surface area contributed by atoms with Gasteiger partial charge in [-0.15, -0.1) is 0 Å². The maximum absolute atomic E-state index is 12.6. The number of rotatable bonds is 5. The number of carbonyl (C=O) groups is 2. The molecule has 3 rings (SSSR count). The van der Waals surface area contributed by atoms with Crippen molar-refractivity contribution in [2.45, 2.75) is 57.2 Å². The van der Waals surface area contributed by atoms with Gasteiger partial charge in [-0.2, -0.15) is 0 Å². The Labute approximate surface area is 155 Å². The summed E-state index contributed by atoms with van der Waals surface area (Å²) >= 11 is 0. The molecule has 2 bridgehead atoms. The topological polar surface area (TPSA) is 64.7 Å². The first-order chi connectivity index (χ1) is 12.4. The molecule has 2 N–H and O–H groups in total. The van der Waals surface area contributed by atoms with Crippen molar-refractivity contribution in [1.29, 1.82) is 0 Å². The first-order valence-corrected chi connectivity index (χ1v) is 9.52. The molecule has 142 valence electrons. The van der Waals surface area contributed by atoms with Gasteiger partial charge in [0, 0.05) is 50.5 Å². The minimum atomic E-state index is 0.0393. The van der Waals surface area contributed by atoms with Gasteiger partial charge in [-0.1, -0.05) is 6.42 Å². The third kappa shape index (κ3) is 4.55. The quantitative estimate of drug-likeness (QED) is 0.847. The summed E-state index contributed by atoms with van der Waals surface area (Å²) in [6.07, 6.45) is 5.32. The maximum atomic E-state index is 12.6. The number of piperidine rings is 2. The highest BCUT2D eigenvalue weighted by molar-refractivity contribution is 5.92. The van der Waals surface area contributed by atoms with Crippen molar-refractivity contribution >= 4 is 23.2 Å². The van der Waals surface area contributed by atoms with Gasteiger partial charge < -0.3 is 15.5 Å². The standard InChI is InChI=1S/C20H30N4O2/c1-14(25)21-16-11-18-5-4-6-19(12-16)24(18)13-20(26)22-15-7-9-17(10-8-15)23(2)3/h7-10,16,18-19H,4-6,11-13H2,1-3H3,(H,21,25)(H,22,26)/t18-,19-/m1/s1. The highest BCUT2D eigenvalue weighted by Crippen LogP contribution is 2.34. The van der Waals surface area contributed by atoms with E-state index >= 15 is 0 Å². The third-order valence-corrected chi connectivity index (χ3v) is 5.53. The van der Waals surface area contributed by atoms with Crippen molar-refractivity contribution < 1.29 is 9.59 Å². The van der Waals surface area contributed by atoms with E-state index in [0.717, 1.165) is 37.1 Å². The molecule has 2 fully saturated rings. The molecule has 6 heteroatoms. The van der Waals surface area contributed by atoms with Gasteiger partial charge in [0.25, 0.3) is 0 Å². The van der Waals surface area contributed by atoms with E-state index in [1.807, 2.05) is 43.3 Å². The number of hydrogen-bond acceptors (Lipinski definition) is 4. The summed E-state index contributed by atoms with van der Waals surface area (Å²) < 4.78 is 0. The van der Waals surface area contributed by atoms with E-state index in [1.165, 1.54) is 6.42 Å². The van der Waals surface area contributed by atoms with Crippen LogP contribution in [-0.2, 0) is 9.59 Å². The average Bonchev–Trinajstić information content (AvgIpc) is 2.55. The Balaban J connectivity index is 1.57. The predicted molar refractivity (Wildman–Crippen MR) is 104 cm³/mol. The minimum Gasteiger partial charge on any atom is -0.378 e. The molecule has 2 atom stereocenters. The van der Waals surface area contributed by atoms with Crippen LogP contribution >= 0.6 is 0 Å². The molecule has 2 aliphatic heterocycles. The number of fused-ring (bicyclic) bond motifs is 2. The van der Waals surface area contributed by atoms with Gasteiger partial charge in [-0.05, 0) is 49.9 Å². The Morgan fingerprint density at radius 3 is 2.27 bits per heavy atom. The number of nitrogens with zero attached hydrogens (tertiary/aromatic N) is 2. The van der Waals surface area contributed by atoms with Gasteiger partial charge in [-0.3, -0.25) is 14.5 Å². The van der Waals surface area contributed by atoms with Crippen molar-refractivity contribution in [1.82, 2.24) is 10.2 Å². The molecule has 6 nitrogen and oxygen atoms in total. The lowest BCUT2D eigenvalue weighted by Crippen LogP contribution is -2.58. The zero-order chi connectivity index (χ0) is 18.7. The van der Waals surface area contributed by atoms with Crippen LogP contribution in [0.25, 0.3) is 0 Å². The SMILES string of the molecule is CC(=O)NC1C[C@H]2CCC[C@H](C1)N2CC(=O)Nc1ccc(N(C)C)cc1. The molecule has 0 saturated carbocycles. The fraction of sp³-hybridized carbons (Fsp3) is 0.600. The van der Waals surface area contributed by atoms with Gasteiger partial charge in [0.15, 0.2) is 0 Å². The summed E-state index contributed by atoms with van der Waals surface area (Å²) in [4.78, 5) is 28.3. The summed E-state index contributed by atoms with van der Waals surface area (Å²) in [5.74, 6) is 0.0814. The number of hydrogen-bond donors (Lipinski definition) is 2. The Morgan fingerprint density at radius 1 is 1.12 bits per heavy atom. The number of nitrogens with one attached hydrogen (secondary N) is 2. The Bertz CT molecular complexity index is 630. The van der Waals surface area contributed by atoms with Gasteiger partial charge in [0.05, 0.1) is 6.54 Å². The van der Waals surface area contributed by atoms with Crippen molar-refractivity contribution in [2.75, 3.05) is 30.9 Å². The smallest absolute Gasteiger partial charge is 0.238 e. The minimum absolute atomic E-state index is 0.0393. The Hall–Kier alpha value is -2.08. The second-order valence-corrected chi connectivity index (χ2v) is 7.77. The predicted octanol–water partition coefficient (Wildman–Crippen LogP) is 2.21. The molecule has 1 aromatic rings. The van der Waals surface area contributed by atoms with Crippen LogP contribution in [0, 0.1) is 0 Å². The van der Waals surface area contributed by atoms with Crippen LogP contribution in [0.5, 0.6) is 0 Å². The van der Waals surface area contributed by atoms with E-state index in [-0.39, 0.29) is 17.9 Å². The first-order valence-electron chi connectivity index (χ1n) is 9.52. The monoisotopic (exact) mass is 358 g/mol. The van der Waals surface area contributed by atoms with Crippen LogP contribution in [0.3, 0.4) is 0 Å². The van der Waals surface area contributed by atoms with Crippen LogP contribution in [0.2, 0.25) is 0 Å². The molecule has 26 heavy (non-hydrogen) atoms. The summed E-state index contributed by atoms with van der Waals surface area (Å²) in [5.41, 5.74) is 1.94. The largest absolute Gasteiger partial charge is 0.378 e. The van der Waals surface area contributed by atoms with Crippen molar-refractivity contribution in [3.8, 4) is 0 Å². The van der Waals surface area contributed by atoms with Crippen LogP contribution in [0.1, 0.15) is 39.0 Å². The molecule has 0 aromatic heterocycles. The summed E-state index contributed by atoms with van der Waals surface area (Å²) in [7, 11) is 3.99. The van der Waals surface area contributed by atoms with E-state index in [1.54, 1.807) is 6.92 Å². The van der Waals surface area contributed by atoms with Crippen molar-refractivity contribution in [3.63, 3.8) is 0 Å². The Morgan fingerprint density at radius 2 is 1.73 bits per heavy atom. The maximum Gasteiger partial charge on any atom is 0.238 e. The van der Waals surface area contributed by atoms with Crippen molar-refractivity contribution in [2.24, 2.45) is 0 Å². The third-order valence-electron chi connectivity index (χ3n) is 5.53. The summed E-state index contributed by atoms with van der Waals surface area (Å²) in [6, 6.07) is 8.92. The molecule has 0 spiro atoms. The molecule has 2 heterocycles. The lowest BCUT2D eigenvalue weighted by Gasteiger charge is -2.48. The normalized spacial score (nSPS) is 25.4. The van der Waals surface area contributed by atoms with Crippen LogP contribution in [0.4, 0.5) is 11.4 Å². The highest BCUT2D eigenvalue weighted by Gasteiger charge is 2.39. The van der Waals surface area contributed by atoms with E-state index < -0.39 is 0 Å². The molecule has 1 aromatic carbocycles. The van der Waals surface area contributed by atoms with Gasteiger partial charge in [0.2, 0.25) is 11.8 Å². The number of amides is 2. The molecular weight excluding hydrogens is 328 g/mol. The van der Waals surface area contributed by atoms with Crippen LogP contribution in [-0.4, -0.2) is 55.5 Å². The molecule has 2 aliphatic rings. The molecule has 0 radical (unpaired) electrons. The average molecular weight is 358 g/mol. The molecular formula is C20H30N4O2. The molecule has 0 unspecified atom stereocenters. The zero-order valence-corrected chi connectivity index (χ0v) is 16.0. The second kappa shape index (κ2) is 8.08. The number of carbonyl (C=O) groups excluding carboxylic acids is 2. The van der Waals surface area contributed by atoms with E-state index in [2.05, 4.69) is 15.5 Å². The second-order valence-electron chi connectivity index (χ2n) is 7.77. The number of anilines is 2. The van der Waals surface area contributed by atoms with Crippen LogP contribution in [0.15, 0.2) is 24.3 Å². The van der Waals surface area contributed by atoms with E-state index in [9.17, 15) is 9.59 Å². The first kappa shape index (κ1) is 18.7. The summed E-state index contributed by atoms with van der Waals surface area (Å²) in [6.45, 7) is 2.01. The Kier molecular flexibility index (Phi) is 5.81. The fourth-order valence-electron chi connectivity index (χ4n) is 4.35. The van der Waals surface area contributed by atoms with E-state index in [4.69, 9.17) is 0 Å². The lowest BCUT2D eigenvalue weighted by molar-refractivity contribution is -0.123. The van der Waals surface area contributed by atoms with E-state index in [0.29, 0.717) is 18.6 Å². The van der Waals surface area contributed by atoms with Gasteiger partial charge in [-0.25, -0.2) is 0 Å². The molecule has 0 aliphatic carbocycles. The molecule has 2 amide bonds. The van der Waals surface area contributed by atoms with Gasteiger partial charge >= 0.3 is 0 Å².